The Bertz CT molecular complexity index is 1650. The lowest BCUT2D eigenvalue weighted by Crippen LogP contribution is -2.33. The first-order chi connectivity index (χ1) is 19.0. The van der Waals surface area contributed by atoms with Crippen LogP contribution in [0.5, 0.6) is 17.2 Å². The van der Waals surface area contributed by atoms with Crippen LogP contribution in [0.4, 0.5) is 4.79 Å². The number of fused-ring (bicyclic) bond motifs is 2. The van der Waals surface area contributed by atoms with Crippen LogP contribution in [0.15, 0.2) is 77.8 Å². The molecule has 1 saturated heterocycles. The van der Waals surface area contributed by atoms with Crippen LogP contribution >= 0.6 is 23.4 Å². The van der Waals surface area contributed by atoms with E-state index in [0.29, 0.717) is 41.0 Å². The van der Waals surface area contributed by atoms with Gasteiger partial charge in [-0.2, -0.15) is 0 Å². The van der Waals surface area contributed by atoms with Gasteiger partial charge >= 0.3 is 0 Å². The number of imide groups is 1. The summed E-state index contributed by atoms with van der Waals surface area (Å²) in [6.45, 7) is 0.832. The van der Waals surface area contributed by atoms with Gasteiger partial charge in [-0.25, -0.2) is 0 Å². The summed E-state index contributed by atoms with van der Waals surface area (Å²) in [5.41, 5.74) is 2.15. The standard InChI is InChI=1S/C29H21ClN2O6S/c30-20-7-5-18(6-8-20)24(33)16-32-28(34)27(39-29(32)35)13-19-15-31(23-4-2-1-3-22(19)23)11-12-36-21-9-10-25-26(14-21)38-17-37-25/h1-10,13-15H,11-12,16-17H2/b27-13-. The fourth-order valence-electron chi connectivity index (χ4n) is 4.45. The molecule has 2 aliphatic heterocycles. The van der Waals surface area contributed by atoms with Crippen molar-refractivity contribution in [3.05, 3.63) is 94.0 Å². The number of Topliss-reactive ketones (excluding diaryl/α,β-unsaturated/α-hetero) is 1. The Morgan fingerprint density at radius 1 is 1.03 bits per heavy atom. The zero-order chi connectivity index (χ0) is 26.9. The molecule has 1 fully saturated rings. The van der Waals surface area contributed by atoms with Gasteiger partial charge in [0.2, 0.25) is 6.79 Å². The topological polar surface area (TPSA) is 87.1 Å². The van der Waals surface area contributed by atoms with Crippen LogP contribution in [-0.2, 0) is 11.3 Å². The van der Waals surface area contributed by atoms with Crippen molar-refractivity contribution in [3.63, 3.8) is 0 Å². The molecule has 4 aromatic rings. The Balaban J connectivity index is 1.18. The number of carbonyl (C=O) groups excluding carboxylic acids is 3. The molecule has 196 valence electrons. The number of ether oxygens (including phenoxy) is 3. The molecule has 0 unspecified atom stereocenters. The summed E-state index contributed by atoms with van der Waals surface area (Å²) < 4.78 is 18.7. The van der Waals surface area contributed by atoms with Gasteiger partial charge in [0.25, 0.3) is 11.1 Å². The lowest BCUT2D eigenvalue weighted by Gasteiger charge is -2.11. The van der Waals surface area contributed by atoms with E-state index in [-0.39, 0.29) is 24.0 Å². The van der Waals surface area contributed by atoms with Gasteiger partial charge in [0, 0.05) is 39.3 Å². The quantitative estimate of drug-likeness (QED) is 0.192. The third kappa shape index (κ3) is 5.10. The summed E-state index contributed by atoms with van der Waals surface area (Å²) in [7, 11) is 0. The Kier molecular flexibility index (Phi) is 6.76. The molecule has 39 heavy (non-hydrogen) atoms. The smallest absolute Gasteiger partial charge is 0.293 e. The minimum Gasteiger partial charge on any atom is -0.492 e. The molecule has 1 aromatic heterocycles. The number of halogens is 1. The predicted octanol–water partition coefficient (Wildman–Crippen LogP) is 6.02. The molecule has 3 aromatic carbocycles. The average molecular weight is 561 g/mol. The summed E-state index contributed by atoms with van der Waals surface area (Å²) in [4.78, 5) is 39.6. The van der Waals surface area contributed by atoms with E-state index in [2.05, 4.69) is 0 Å². The number of rotatable bonds is 8. The first-order valence-corrected chi connectivity index (χ1v) is 13.3. The van der Waals surface area contributed by atoms with E-state index in [1.165, 1.54) is 0 Å². The molecule has 2 amide bonds. The molecule has 0 N–H and O–H groups in total. The van der Waals surface area contributed by atoms with E-state index in [9.17, 15) is 14.4 Å². The number of nitrogens with zero attached hydrogens (tertiary/aromatic N) is 2. The molecule has 0 radical (unpaired) electrons. The van der Waals surface area contributed by atoms with Gasteiger partial charge < -0.3 is 18.8 Å². The molecule has 3 heterocycles. The number of benzene rings is 3. The summed E-state index contributed by atoms with van der Waals surface area (Å²) in [6, 6.07) is 19.6. The fourth-order valence-corrected chi connectivity index (χ4v) is 5.41. The maximum atomic E-state index is 13.1. The molecule has 8 nitrogen and oxygen atoms in total. The molecule has 0 aliphatic carbocycles. The van der Waals surface area contributed by atoms with Gasteiger partial charge in [0.1, 0.15) is 12.4 Å². The Labute approximate surface area is 232 Å². The van der Waals surface area contributed by atoms with Gasteiger partial charge in [-0.05, 0) is 60.3 Å². The van der Waals surface area contributed by atoms with Crippen molar-refractivity contribution in [1.82, 2.24) is 9.47 Å². The van der Waals surface area contributed by atoms with Crippen LogP contribution in [0, 0.1) is 0 Å². The summed E-state index contributed by atoms with van der Waals surface area (Å²) >= 11 is 6.72. The molecule has 0 atom stereocenters. The van der Waals surface area contributed by atoms with E-state index in [0.717, 1.165) is 33.1 Å². The van der Waals surface area contributed by atoms with E-state index in [1.54, 1.807) is 36.4 Å². The van der Waals surface area contributed by atoms with Crippen LogP contribution in [0.25, 0.3) is 17.0 Å². The minimum absolute atomic E-state index is 0.204. The Morgan fingerprint density at radius 2 is 1.82 bits per heavy atom. The average Bonchev–Trinajstić information content (AvgIpc) is 3.62. The molecular formula is C29H21ClN2O6S. The summed E-state index contributed by atoms with van der Waals surface area (Å²) in [5, 5.41) is 0.957. The number of hydrogen-bond acceptors (Lipinski definition) is 7. The van der Waals surface area contributed by atoms with Crippen molar-refractivity contribution < 1.29 is 28.6 Å². The zero-order valence-electron chi connectivity index (χ0n) is 20.5. The van der Waals surface area contributed by atoms with Crippen molar-refractivity contribution >= 4 is 57.3 Å². The van der Waals surface area contributed by atoms with Gasteiger partial charge in [-0.1, -0.05) is 29.8 Å². The number of ketones is 1. The van der Waals surface area contributed by atoms with Crippen molar-refractivity contribution in [3.8, 4) is 17.2 Å². The first kappa shape index (κ1) is 25.1. The fraction of sp³-hybridized carbons (Fsp3) is 0.138. The second-order valence-electron chi connectivity index (χ2n) is 8.86. The number of amides is 2. The molecule has 10 heteroatoms. The third-order valence-electron chi connectivity index (χ3n) is 6.39. The highest BCUT2D eigenvalue weighted by atomic mass is 35.5. The second-order valence-corrected chi connectivity index (χ2v) is 10.3. The van der Waals surface area contributed by atoms with Gasteiger partial charge in [-0.3, -0.25) is 19.3 Å². The third-order valence-corrected chi connectivity index (χ3v) is 7.55. The largest absolute Gasteiger partial charge is 0.492 e. The summed E-state index contributed by atoms with van der Waals surface area (Å²) in [6.07, 6.45) is 3.63. The Morgan fingerprint density at radius 3 is 2.67 bits per heavy atom. The normalized spacial score (nSPS) is 15.5. The highest BCUT2D eigenvalue weighted by Crippen LogP contribution is 2.36. The van der Waals surface area contributed by atoms with Crippen molar-refractivity contribution in [2.45, 2.75) is 6.54 Å². The van der Waals surface area contributed by atoms with Crippen LogP contribution in [-0.4, -0.2) is 46.3 Å². The molecule has 2 aliphatic rings. The van der Waals surface area contributed by atoms with Crippen LogP contribution in [0.2, 0.25) is 5.02 Å². The van der Waals surface area contributed by atoms with Crippen molar-refractivity contribution in [1.29, 1.82) is 0 Å². The molecule has 0 spiro atoms. The molecule has 6 rings (SSSR count). The van der Waals surface area contributed by atoms with Crippen LogP contribution < -0.4 is 14.2 Å². The molecule has 0 bridgehead atoms. The number of para-hydroxylation sites is 1. The first-order valence-electron chi connectivity index (χ1n) is 12.1. The molecular weight excluding hydrogens is 540 g/mol. The lowest BCUT2D eigenvalue weighted by molar-refractivity contribution is -0.122. The molecule has 0 saturated carbocycles. The lowest BCUT2D eigenvalue weighted by atomic mass is 10.1. The number of hydrogen-bond donors (Lipinski definition) is 0. The van der Waals surface area contributed by atoms with Crippen LogP contribution in [0.3, 0.4) is 0 Å². The number of aromatic nitrogens is 1. The van der Waals surface area contributed by atoms with Gasteiger partial charge in [0.05, 0.1) is 18.0 Å². The van der Waals surface area contributed by atoms with E-state index in [1.807, 2.05) is 47.2 Å². The van der Waals surface area contributed by atoms with Crippen molar-refractivity contribution in [2.24, 2.45) is 0 Å². The van der Waals surface area contributed by atoms with Gasteiger partial charge in [0.15, 0.2) is 17.3 Å². The monoisotopic (exact) mass is 560 g/mol. The highest BCUT2D eigenvalue weighted by Gasteiger charge is 2.36. The van der Waals surface area contributed by atoms with Gasteiger partial charge in [-0.15, -0.1) is 0 Å². The zero-order valence-corrected chi connectivity index (χ0v) is 22.0. The summed E-state index contributed by atoms with van der Waals surface area (Å²) in [5.74, 6) is 1.20. The second kappa shape index (κ2) is 10.5. The number of thioether (sulfide) groups is 1. The highest BCUT2D eigenvalue weighted by molar-refractivity contribution is 8.18. The van der Waals surface area contributed by atoms with E-state index < -0.39 is 11.1 Å². The Hall–Kier alpha value is -4.21. The number of carbonyl (C=O) groups is 3. The SMILES string of the molecule is O=C(CN1C(=O)S/C(=C\c2cn(CCOc3ccc4c(c3)OCO4)c3ccccc23)C1=O)c1ccc(Cl)cc1. The van der Waals surface area contributed by atoms with Crippen molar-refractivity contribution in [2.75, 3.05) is 19.9 Å². The van der Waals surface area contributed by atoms with E-state index in [4.69, 9.17) is 25.8 Å². The predicted molar refractivity (Wildman–Crippen MR) is 148 cm³/mol. The maximum Gasteiger partial charge on any atom is 0.293 e. The minimum atomic E-state index is -0.490. The van der Waals surface area contributed by atoms with Crippen LogP contribution in [0.1, 0.15) is 15.9 Å². The van der Waals surface area contributed by atoms with E-state index >= 15 is 0 Å². The maximum absolute atomic E-state index is 13.1.